The van der Waals surface area contributed by atoms with Gasteiger partial charge in [-0.05, 0) is 30.0 Å². The number of nitrogens with zero attached hydrogens (tertiary/aromatic N) is 2. The molecule has 2 rings (SSSR count). The van der Waals surface area contributed by atoms with Gasteiger partial charge in [-0.25, -0.2) is 4.98 Å². The highest BCUT2D eigenvalue weighted by atomic mass is 16.6. The van der Waals surface area contributed by atoms with Crippen LogP contribution in [0.2, 0.25) is 0 Å². The van der Waals surface area contributed by atoms with Gasteiger partial charge >= 0.3 is 5.69 Å². The number of nitrogens with one attached hydrogen (secondary N) is 1. The number of nitrogen functional groups attached to an aromatic ring is 1. The lowest BCUT2D eigenvalue weighted by Gasteiger charge is -2.15. The van der Waals surface area contributed by atoms with Gasteiger partial charge in [0.1, 0.15) is 5.82 Å². The van der Waals surface area contributed by atoms with Crippen molar-refractivity contribution in [2.45, 2.75) is 26.7 Å². The first kappa shape index (κ1) is 14.8. The Bertz CT molecular complexity index is 648. The van der Waals surface area contributed by atoms with Crippen LogP contribution in [0.3, 0.4) is 0 Å². The highest BCUT2D eigenvalue weighted by molar-refractivity contribution is 5.67. The molecule has 3 N–H and O–H groups in total. The molecule has 0 unspecified atom stereocenters. The molecule has 6 nitrogen and oxygen atoms in total. The molecule has 0 fully saturated rings. The second-order valence-corrected chi connectivity index (χ2v) is 4.64. The molecular formula is C15H18N4O2. The summed E-state index contributed by atoms with van der Waals surface area (Å²) in [5, 5.41) is 14.0. The lowest BCUT2D eigenvalue weighted by atomic mass is 10.0. The van der Waals surface area contributed by atoms with Gasteiger partial charge in [-0.1, -0.05) is 32.0 Å². The van der Waals surface area contributed by atoms with Gasteiger partial charge in [0.2, 0.25) is 5.82 Å². The fourth-order valence-corrected chi connectivity index (χ4v) is 2.22. The maximum atomic E-state index is 10.8. The summed E-state index contributed by atoms with van der Waals surface area (Å²) in [6, 6.07) is 9.07. The predicted molar refractivity (Wildman–Crippen MR) is 83.8 cm³/mol. The van der Waals surface area contributed by atoms with Crippen molar-refractivity contribution in [1.82, 2.24) is 4.98 Å². The first-order valence-electron chi connectivity index (χ1n) is 6.85. The second-order valence-electron chi connectivity index (χ2n) is 4.64. The molecule has 110 valence electrons. The molecule has 6 heteroatoms. The predicted octanol–water partition coefficient (Wildman–Crippen LogP) is 3.44. The summed E-state index contributed by atoms with van der Waals surface area (Å²) < 4.78 is 0. The number of hydrogen-bond donors (Lipinski definition) is 2. The van der Waals surface area contributed by atoms with E-state index in [1.807, 2.05) is 6.07 Å². The Morgan fingerprint density at radius 1 is 1.19 bits per heavy atom. The van der Waals surface area contributed by atoms with Gasteiger partial charge in [-0.15, -0.1) is 0 Å². The summed E-state index contributed by atoms with van der Waals surface area (Å²) in [6.07, 6.45) is 1.78. The van der Waals surface area contributed by atoms with Crippen molar-refractivity contribution in [2.24, 2.45) is 0 Å². The van der Waals surface area contributed by atoms with Crippen LogP contribution in [0.1, 0.15) is 25.0 Å². The minimum atomic E-state index is -0.538. The molecule has 1 aromatic heterocycles. The number of nitro groups is 1. The first-order valence-corrected chi connectivity index (χ1v) is 6.85. The number of nitrogens with two attached hydrogens (primary N) is 1. The van der Waals surface area contributed by atoms with E-state index in [0.717, 1.165) is 18.5 Å². The SMILES string of the molecule is CCc1cccc(CC)c1Nc1ccc([N+](=O)[O-])c(N)n1. The molecule has 0 aliphatic rings. The molecule has 0 saturated carbocycles. The quantitative estimate of drug-likeness (QED) is 0.648. The third kappa shape index (κ3) is 3.10. The number of pyridine rings is 1. The lowest BCUT2D eigenvalue weighted by molar-refractivity contribution is -0.384. The van der Waals surface area contributed by atoms with E-state index in [2.05, 4.69) is 36.3 Å². The molecule has 0 atom stereocenters. The molecule has 0 amide bonds. The molecule has 0 aliphatic carbocycles. The number of aromatic nitrogens is 1. The zero-order valence-corrected chi connectivity index (χ0v) is 12.1. The Morgan fingerprint density at radius 3 is 2.29 bits per heavy atom. The Balaban J connectivity index is 2.38. The summed E-state index contributed by atoms with van der Waals surface area (Å²) in [5.41, 5.74) is 8.80. The van der Waals surface area contributed by atoms with E-state index < -0.39 is 4.92 Å². The van der Waals surface area contributed by atoms with Crippen molar-refractivity contribution in [1.29, 1.82) is 0 Å². The van der Waals surface area contributed by atoms with Gasteiger partial charge in [0.25, 0.3) is 0 Å². The zero-order valence-electron chi connectivity index (χ0n) is 12.1. The van der Waals surface area contributed by atoms with Crippen LogP contribution in [-0.4, -0.2) is 9.91 Å². The highest BCUT2D eigenvalue weighted by Crippen LogP contribution is 2.28. The minimum Gasteiger partial charge on any atom is -0.378 e. The third-order valence-electron chi connectivity index (χ3n) is 3.35. The average molecular weight is 286 g/mol. The van der Waals surface area contributed by atoms with Crippen molar-refractivity contribution in [3.05, 3.63) is 51.6 Å². The first-order chi connectivity index (χ1) is 10.1. The number of anilines is 3. The monoisotopic (exact) mass is 286 g/mol. The number of hydrogen-bond acceptors (Lipinski definition) is 5. The van der Waals surface area contributed by atoms with E-state index in [9.17, 15) is 10.1 Å². The van der Waals surface area contributed by atoms with Gasteiger partial charge < -0.3 is 11.1 Å². The molecule has 1 heterocycles. The number of benzene rings is 1. The standard InChI is InChI=1S/C15H18N4O2/c1-3-10-6-5-7-11(4-2)14(10)17-13-9-8-12(19(20)21)15(16)18-13/h5-9H,3-4H2,1-2H3,(H3,16,17,18). The van der Waals surface area contributed by atoms with Crippen LogP contribution >= 0.6 is 0 Å². The number of rotatable bonds is 5. The molecule has 0 bridgehead atoms. The third-order valence-corrected chi connectivity index (χ3v) is 3.35. The van der Waals surface area contributed by atoms with Gasteiger partial charge in [0.05, 0.1) is 4.92 Å². The van der Waals surface area contributed by atoms with Crippen molar-refractivity contribution >= 4 is 23.0 Å². The Kier molecular flexibility index (Phi) is 4.37. The highest BCUT2D eigenvalue weighted by Gasteiger charge is 2.14. The molecule has 0 radical (unpaired) electrons. The van der Waals surface area contributed by atoms with Gasteiger partial charge in [0, 0.05) is 11.8 Å². The van der Waals surface area contributed by atoms with Crippen molar-refractivity contribution in [3.8, 4) is 0 Å². The van der Waals surface area contributed by atoms with Crippen LogP contribution in [0.4, 0.5) is 23.0 Å². The van der Waals surface area contributed by atoms with E-state index >= 15 is 0 Å². The second kappa shape index (κ2) is 6.21. The van der Waals surface area contributed by atoms with E-state index in [1.165, 1.54) is 17.2 Å². The molecule has 2 aromatic rings. The van der Waals surface area contributed by atoms with Crippen LogP contribution in [-0.2, 0) is 12.8 Å². The topological polar surface area (TPSA) is 94.1 Å². The van der Waals surface area contributed by atoms with Crippen molar-refractivity contribution in [3.63, 3.8) is 0 Å². The van der Waals surface area contributed by atoms with Crippen molar-refractivity contribution in [2.75, 3.05) is 11.1 Å². The Morgan fingerprint density at radius 2 is 1.81 bits per heavy atom. The molecule has 0 aliphatic heterocycles. The maximum absolute atomic E-state index is 10.8. The minimum absolute atomic E-state index is 0.0861. The van der Waals surface area contributed by atoms with Crippen LogP contribution in [0, 0.1) is 10.1 Å². The largest absolute Gasteiger partial charge is 0.378 e. The summed E-state index contributed by atoms with van der Waals surface area (Å²) in [6.45, 7) is 4.16. The van der Waals surface area contributed by atoms with E-state index in [-0.39, 0.29) is 11.5 Å². The molecule has 0 saturated heterocycles. The number of para-hydroxylation sites is 1. The summed E-state index contributed by atoms with van der Waals surface area (Å²) in [7, 11) is 0. The smallest absolute Gasteiger partial charge is 0.311 e. The summed E-state index contributed by atoms with van der Waals surface area (Å²) in [4.78, 5) is 14.3. The van der Waals surface area contributed by atoms with Gasteiger partial charge in [-0.3, -0.25) is 10.1 Å². The maximum Gasteiger partial charge on any atom is 0.311 e. The van der Waals surface area contributed by atoms with Crippen LogP contribution in [0.25, 0.3) is 0 Å². The van der Waals surface area contributed by atoms with Crippen LogP contribution in [0.15, 0.2) is 30.3 Å². The number of aryl methyl sites for hydroxylation is 2. The van der Waals surface area contributed by atoms with Gasteiger partial charge in [-0.2, -0.15) is 0 Å². The van der Waals surface area contributed by atoms with Crippen molar-refractivity contribution < 1.29 is 4.92 Å². The molecule has 21 heavy (non-hydrogen) atoms. The van der Waals surface area contributed by atoms with E-state index in [0.29, 0.717) is 5.82 Å². The zero-order chi connectivity index (χ0) is 15.4. The van der Waals surface area contributed by atoms with E-state index in [1.54, 1.807) is 6.07 Å². The Labute approximate surface area is 123 Å². The van der Waals surface area contributed by atoms with Gasteiger partial charge in [0.15, 0.2) is 0 Å². The van der Waals surface area contributed by atoms with E-state index in [4.69, 9.17) is 5.73 Å². The Hall–Kier alpha value is -2.63. The van der Waals surface area contributed by atoms with Crippen LogP contribution in [0.5, 0.6) is 0 Å². The summed E-state index contributed by atoms with van der Waals surface area (Å²) >= 11 is 0. The normalized spacial score (nSPS) is 10.4. The molecular weight excluding hydrogens is 268 g/mol. The lowest BCUT2D eigenvalue weighted by Crippen LogP contribution is -2.04. The van der Waals surface area contributed by atoms with Crippen LogP contribution < -0.4 is 11.1 Å². The fourth-order valence-electron chi connectivity index (χ4n) is 2.22. The fraction of sp³-hybridized carbons (Fsp3) is 0.267. The average Bonchev–Trinajstić information content (AvgIpc) is 2.47. The summed E-state index contributed by atoms with van der Waals surface area (Å²) in [5.74, 6) is 0.422. The molecule has 1 aromatic carbocycles. The molecule has 0 spiro atoms.